The van der Waals surface area contributed by atoms with E-state index in [1.165, 1.54) is 0 Å². The van der Waals surface area contributed by atoms with E-state index in [2.05, 4.69) is 10.4 Å². The number of carbonyl (C=O) groups excluding carboxylic acids is 1. The molecule has 1 N–H and O–H groups in total. The molecule has 0 saturated carbocycles. The van der Waals surface area contributed by atoms with Gasteiger partial charge in [0.1, 0.15) is 5.69 Å². The number of hydrogen-bond donors (Lipinski definition) is 1. The van der Waals surface area contributed by atoms with Crippen LogP contribution in [0.4, 0.5) is 0 Å². The van der Waals surface area contributed by atoms with Gasteiger partial charge in [-0.25, -0.2) is 4.68 Å². The Morgan fingerprint density at radius 2 is 1.79 bits per heavy atom. The van der Waals surface area contributed by atoms with E-state index in [9.17, 15) is 4.79 Å². The molecule has 4 heteroatoms. The van der Waals surface area contributed by atoms with Crippen molar-refractivity contribution < 1.29 is 4.79 Å². The SMILES string of the molecule is Cc1cccc(-n2nc(-c3ccccc3)cc2C(=O)NC(C)C)c1. The van der Waals surface area contributed by atoms with Gasteiger partial charge in [0.15, 0.2) is 0 Å². The monoisotopic (exact) mass is 319 g/mol. The largest absolute Gasteiger partial charge is 0.349 e. The van der Waals surface area contributed by atoms with Crippen molar-refractivity contribution in [3.63, 3.8) is 0 Å². The number of rotatable bonds is 4. The summed E-state index contributed by atoms with van der Waals surface area (Å²) in [7, 11) is 0. The first-order valence-corrected chi connectivity index (χ1v) is 8.08. The second kappa shape index (κ2) is 6.71. The van der Waals surface area contributed by atoms with E-state index in [1.54, 1.807) is 4.68 Å². The van der Waals surface area contributed by atoms with Gasteiger partial charge in [-0.1, -0.05) is 42.5 Å². The molecule has 1 amide bonds. The van der Waals surface area contributed by atoms with Crippen LogP contribution in [0, 0.1) is 6.92 Å². The first-order chi connectivity index (χ1) is 11.5. The molecule has 0 aliphatic heterocycles. The van der Waals surface area contributed by atoms with Gasteiger partial charge in [-0.15, -0.1) is 0 Å². The maximum Gasteiger partial charge on any atom is 0.270 e. The number of carbonyl (C=O) groups is 1. The van der Waals surface area contributed by atoms with Crippen molar-refractivity contribution in [2.45, 2.75) is 26.8 Å². The summed E-state index contributed by atoms with van der Waals surface area (Å²) in [5.74, 6) is -0.124. The van der Waals surface area contributed by atoms with Crippen LogP contribution in [0.2, 0.25) is 0 Å². The molecule has 0 bridgehead atoms. The molecule has 0 aliphatic rings. The van der Waals surface area contributed by atoms with E-state index in [0.717, 1.165) is 22.5 Å². The Labute approximate surface area is 142 Å². The van der Waals surface area contributed by atoms with Crippen LogP contribution in [0.1, 0.15) is 29.9 Å². The number of nitrogens with zero attached hydrogens (tertiary/aromatic N) is 2. The molecule has 1 heterocycles. The summed E-state index contributed by atoms with van der Waals surface area (Å²) in [6, 6.07) is 19.8. The van der Waals surface area contributed by atoms with E-state index in [4.69, 9.17) is 0 Å². The van der Waals surface area contributed by atoms with E-state index >= 15 is 0 Å². The Bertz CT molecular complexity index is 850. The van der Waals surface area contributed by atoms with Crippen LogP contribution in [-0.2, 0) is 0 Å². The fraction of sp³-hybridized carbons (Fsp3) is 0.200. The molecule has 3 aromatic rings. The maximum atomic E-state index is 12.6. The number of aryl methyl sites for hydroxylation is 1. The Kier molecular flexibility index (Phi) is 4.47. The first kappa shape index (κ1) is 16.0. The third-order valence-corrected chi connectivity index (χ3v) is 3.68. The molecular formula is C20H21N3O. The smallest absolute Gasteiger partial charge is 0.270 e. The lowest BCUT2D eigenvalue weighted by atomic mass is 10.1. The summed E-state index contributed by atoms with van der Waals surface area (Å²) < 4.78 is 1.72. The molecule has 3 rings (SSSR count). The topological polar surface area (TPSA) is 46.9 Å². The molecule has 0 saturated heterocycles. The second-order valence-corrected chi connectivity index (χ2v) is 6.16. The predicted octanol–water partition coefficient (Wildman–Crippen LogP) is 3.99. The Balaban J connectivity index is 2.11. The molecule has 0 aliphatic carbocycles. The van der Waals surface area contributed by atoms with Gasteiger partial charge in [0.05, 0.1) is 11.4 Å². The first-order valence-electron chi connectivity index (χ1n) is 8.08. The van der Waals surface area contributed by atoms with E-state index < -0.39 is 0 Å². The average molecular weight is 319 g/mol. The highest BCUT2D eigenvalue weighted by molar-refractivity contribution is 5.94. The van der Waals surface area contributed by atoms with Gasteiger partial charge in [-0.2, -0.15) is 5.10 Å². The zero-order chi connectivity index (χ0) is 17.1. The molecule has 2 aromatic carbocycles. The molecular weight excluding hydrogens is 298 g/mol. The molecule has 24 heavy (non-hydrogen) atoms. The molecule has 0 spiro atoms. The number of aromatic nitrogens is 2. The Hall–Kier alpha value is -2.88. The van der Waals surface area contributed by atoms with Gasteiger partial charge in [0, 0.05) is 11.6 Å². The van der Waals surface area contributed by atoms with Crippen molar-refractivity contribution in [3.05, 3.63) is 71.9 Å². The third-order valence-electron chi connectivity index (χ3n) is 3.68. The number of amides is 1. The minimum absolute atomic E-state index is 0.0681. The van der Waals surface area contributed by atoms with Crippen LogP contribution in [0.15, 0.2) is 60.7 Å². The van der Waals surface area contributed by atoms with Crippen LogP contribution < -0.4 is 5.32 Å². The van der Waals surface area contributed by atoms with E-state index in [1.807, 2.05) is 81.4 Å². The zero-order valence-corrected chi connectivity index (χ0v) is 14.2. The highest BCUT2D eigenvalue weighted by Gasteiger charge is 2.18. The quantitative estimate of drug-likeness (QED) is 0.790. The van der Waals surface area contributed by atoms with Crippen molar-refractivity contribution in [1.82, 2.24) is 15.1 Å². The summed E-state index contributed by atoms with van der Waals surface area (Å²) in [5.41, 5.74) is 4.31. The highest BCUT2D eigenvalue weighted by Crippen LogP contribution is 2.22. The fourth-order valence-corrected chi connectivity index (χ4v) is 2.59. The second-order valence-electron chi connectivity index (χ2n) is 6.16. The normalized spacial score (nSPS) is 10.8. The van der Waals surface area contributed by atoms with Crippen LogP contribution in [0.5, 0.6) is 0 Å². The van der Waals surface area contributed by atoms with Gasteiger partial charge < -0.3 is 5.32 Å². The molecule has 0 unspecified atom stereocenters. The number of benzene rings is 2. The van der Waals surface area contributed by atoms with Gasteiger partial charge in [-0.3, -0.25) is 4.79 Å². The lowest BCUT2D eigenvalue weighted by Gasteiger charge is -2.10. The zero-order valence-electron chi connectivity index (χ0n) is 14.2. The minimum atomic E-state index is -0.124. The van der Waals surface area contributed by atoms with Gasteiger partial charge in [0.25, 0.3) is 5.91 Å². The van der Waals surface area contributed by atoms with Gasteiger partial charge in [-0.05, 0) is 44.5 Å². The molecule has 0 atom stereocenters. The Morgan fingerprint density at radius 3 is 2.46 bits per heavy atom. The van der Waals surface area contributed by atoms with Crippen molar-refractivity contribution in [1.29, 1.82) is 0 Å². The van der Waals surface area contributed by atoms with Crippen LogP contribution in [0.25, 0.3) is 16.9 Å². The molecule has 122 valence electrons. The summed E-state index contributed by atoms with van der Waals surface area (Å²) in [6.07, 6.45) is 0. The number of nitrogens with one attached hydrogen (secondary N) is 1. The molecule has 1 aromatic heterocycles. The average Bonchev–Trinajstić information content (AvgIpc) is 3.00. The van der Waals surface area contributed by atoms with Gasteiger partial charge >= 0.3 is 0 Å². The Morgan fingerprint density at radius 1 is 1.04 bits per heavy atom. The standard InChI is InChI=1S/C20H21N3O/c1-14(2)21-20(24)19-13-18(16-9-5-4-6-10-16)22-23(19)17-11-7-8-15(3)12-17/h4-14H,1-3H3,(H,21,24). The van der Waals surface area contributed by atoms with Crippen LogP contribution in [0.3, 0.4) is 0 Å². The van der Waals surface area contributed by atoms with Crippen molar-refractivity contribution >= 4 is 5.91 Å². The minimum Gasteiger partial charge on any atom is -0.349 e. The molecule has 0 radical (unpaired) electrons. The van der Waals surface area contributed by atoms with Crippen LogP contribution in [-0.4, -0.2) is 21.7 Å². The fourth-order valence-electron chi connectivity index (χ4n) is 2.59. The van der Waals surface area contributed by atoms with Crippen molar-refractivity contribution in [3.8, 4) is 16.9 Å². The van der Waals surface area contributed by atoms with Crippen molar-refractivity contribution in [2.24, 2.45) is 0 Å². The summed E-state index contributed by atoms with van der Waals surface area (Å²) in [4.78, 5) is 12.6. The van der Waals surface area contributed by atoms with Crippen LogP contribution >= 0.6 is 0 Å². The predicted molar refractivity (Wildman–Crippen MR) is 96.3 cm³/mol. The molecule has 4 nitrogen and oxygen atoms in total. The lowest BCUT2D eigenvalue weighted by molar-refractivity contribution is 0.0935. The highest BCUT2D eigenvalue weighted by atomic mass is 16.2. The van der Waals surface area contributed by atoms with E-state index in [-0.39, 0.29) is 11.9 Å². The third kappa shape index (κ3) is 3.38. The van der Waals surface area contributed by atoms with Crippen molar-refractivity contribution in [2.75, 3.05) is 0 Å². The summed E-state index contributed by atoms with van der Waals surface area (Å²) in [5, 5.41) is 7.62. The van der Waals surface area contributed by atoms with Gasteiger partial charge in [0.2, 0.25) is 0 Å². The van der Waals surface area contributed by atoms with E-state index in [0.29, 0.717) is 5.69 Å². The number of hydrogen-bond acceptors (Lipinski definition) is 2. The lowest BCUT2D eigenvalue weighted by Crippen LogP contribution is -2.31. The molecule has 0 fully saturated rings. The maximum absolute atomic E-state index is 12.6. The summed E-state index contributed by atoms with van der Waals surface area (Å²) in [6.45, 7) is 5.92. The summed E-state index contributed by atoms with van der Waals surface area (Å²) >= 11 is 0.